The first-order valence-electron chi connectivity index (χ1n) is 7.57. The average Bonchev–Trinajstić information content (AvgIpc) is 2.94. The number of hydrogen-bond acceptors (Lipinski definition) is 4. The Kier molecular flexibility index (Phi) is 5.08. The number of benzene rings is 1. The summed E-state index contributed by atoms with van der Waals surface area (Å²) in [7, 11) is 0. The van der Waals surface area contributed by atoms with Crippen molar-refractivity contribution >= 4 is 29.1 Å². The number of nitrogens with zero attached hydrogens (tertiary/aromatic N) is 1. The van der Waals surface area contributed by atoms with Gasteiger partial charge in [-0.2, -0.15) is 0 Å². The van der Waals surface area contributed by atoms with Crippen LogP contribution in [-0.2, 0) is 0 Å². The first-order chi connectivity index (χ1) is 11.5. The SMILES string of the molecule is O=C(N[C@@H]1CCCC[C@@H]1O)c1onc(-c2ccc(Cl)c(F)c2)c1Cl. The van der Waals surface area contributed by atoms with Gasteiger partial charge in [-0.25, -0.2) is 4.39 Å². The Bertz CT molecular complexity index is 766. The van der Waals surface area contributed by atoms with Crippen LogP contribution >= 0.6 is 23.2 Å². The van der Waals surface area contributed by atoms with Gasteiger partial charge in [0, 0.05) is 5.56 Å². The van der Waals surface area contributed by atoms with E-state index in [9.17, 15) is 14.3 Å². The second-order valence-electron chi connectivity index (χ2n) is 5.73. The number of aliphatic hydroxyl groups is 1. The monoisotopic (exact) mass is 372 g/mol. The van der Waals surface area contributed by atoms with E-state index in [-0.39, 0.29) is 27.5 Å². The molecule has 1 amide bonds. The molecule has 2 N–H and O–H groups in total. The highest BCUT2D eigenvalue weighted by atomic mass is 35.5. The summed E-state index contributed by atoms with van der Waals surface area (Å²) in [5.74, 6) is -1.34. The number of hydrogen-bond donors (Lipinski definition) is 2. The lowest BCUT2D eigenvalue weighted by molar-refractivity contribution is 0.0692. The molecule has 24 heavy (non-hydrogen) atoms. The van der Waals surface area contributed by atoms with Gasteiger partial charge in [-0.3, -0.25) is 4.79 Å². The number of rotatable bonds is 3. The molecule has 0 radical (unpaired) electrons. The largest absolute Gasteiger partial charge is 0.391 e. The van der Waals surface area contributed by atoms with Crippen molar-refractivity contribution in [1.29, 1.82) is 0 Å². The van der Waals surface area contributed by atoms with Gasteiger partial charge in [0.1, 0.15) is 16.5 Å². The molecule has 0 unspecified atom stereocenters. The summed E-state index contributed by atoms with van der Waals surface area (Å²) in [5.41, 5.74) is 0.504. The normalized spacial score (nSPS) is 20.8. The van der Waals surface area contributed by atoms with E-state index in [2.05, 4.69) is 10.5 Å². The van der Waals surface area contributed by atoms with Crippen LogP contribution in [0.1, 0.15) is 36.2 Å². The Hall–Kier alpha value is -1.63. The van der Waals surface area contributed by atoms with E-state index in [1.54, 1.807) is 0 Å². The molecule has 1 heterocycles. The van der Waals surface area contributed by atoms with E-state index < -0.39 is 17.8 Å². The van der Waals surface area contributed by atoms with Crippen LogP contribution in [-0.4, -0.2) is 28.3 Å². The number of aromatic nitrogens is 1. The van der Waals surface area contributed by atoms with E-state index in [0.29, 0.717) is 18.4 Å². The van der Waals surface area contributed by atoms with Gasteiger partial charge in [0.05, 0.1) is 17.2 Å². The van der Waals surface area contributed by atoms with Crippen molar-refractivity contribution < 1.29 is 18.8 Å². The topological polar surface area (TPSA) is 75.4 Å². The molecule has 1 aliphatic carbocycles. The molecule has 2 atom stereocenters. The minimum absolute atomic E-state index is 0.0143. The molecule has 1 aliphatic rings. The molecular weight excluding hydrogens is 358 g/mol. The summed E-state index contributed by atoms with van der Waals surface area (Å²) in [6, 6.07) is 3.72. The fraction of sp³-hybridized carbons (Fsp3) is 0.375. The third kappa shape index (κ3) is 3.41. The zero-order valence-electron chi connectivity index (χ0n) is 12.6. The van der Waals surface area contributed by atoms with Gasteiger partial charge in [0.25, 0.3) is 5.91 Å². The van der Waals surface area contributed by atoms with E-state index in [1.165, 1.54) is 18.2 Å². The lowest BCUT2D eigenvalue weighted by Gasteiger charge is -2.27. The summed E-state index contributed by atoms with van der Waals surface area (Å²) in [4.78, 5) is 12.3. The standard InChI is InChI=1S/C16H15Cl2FN2O3/c17-9-6-5-8(7-10(9)19)14-13(18)15(24-21-14)16(23)20-11-3-1-2-4-12(11)22/h5-7,11-12,22H,1-4H2,(H,20,23)/t11-,12+/m1/s1. The molecule has 8 heteroatoms. The Morgan fingerprint density at radius 2 is 2.08 bits per heavy atom. The number of carbonyl (C=O) groups excluding carboxylic acids is 1. The van der Waals surface area contributed by atoms with Crippen LogP contribution in [0, 0.1) is 5.82 Å². The van der Waals surface area contributed by atoms with Gasteiger partial charge in [-0.15, -0.1) is 0 Å². The maximum absolute atomic E-state index is 13.6. The first-order valence-corrected chi connectivity index (χ1v) is 8.32. The van der Waals surface area contributed by atoms with E-state index in [0.717, 1.165) is 12.8 Å². The van der Waals surface area contributed by atoms with Crippen molar-refractivity contribution in [1.82, 2.24) is 10.5 Å². The van der Waals surface area contributed by atoms with Crippen LogP contribution in [0.15, 0.2) is 22.7 Å². The Balaban J connectivity index is 1.81. The van der Waals surface area contributed by atoms with E-state index >= 15 is 0 Å². The van der Waals surface area contributed by atoms with Crippen molar-refractivity contribution in [3.63, 3.8) is 0 Å². The van der Waals surface area contributed by atoms with E-state index in [4.69, 9.17) is 27.7 Å². The molecule has 128 valence electrons. The quantitative estimate of drug-likeness (QED) is 0.858. The fourth-order valence-corrected chi connectivity index (χ4v) is 3.14. The van der Waals surface area contributed by atoms with Crippen molar-refractivity contribution in [2.75, 3.05) is 0 Å². The lowest BCUT2D eigenvalue weighted by Crippen LogP contribution is -2.45. The highest BCUT2D eigenvalue weighted by molar-refractivity contribution is 6.35. The summed E-state index contributed by atoms with van der Waals surface area (Å²) < 4.78 is 18.6. The molecule has 1 saturated carbocycles. The number of amides is 1. The predicted octanol–water partition coefficient (Wildman–Crippen LogP) is 3.82. The smallest absolute Gasteiger partial charge is 0.291 e. The van der Waals surface area contributed by atoms with Crippen LogP contribution in [0.25, 0.3) is 11.3 Å². The molecule has 3 rings (SSSR count). The van der Waals surface area contributed by atoms with Gasteiger partial charge < -0.3 is 14.9 Å². The van der Waals surface area contributed by atoms with Crippen LogP contribution in [0.3, 0.4) is 0 Å². The molecular formula is C16H15Cl2FN2O3. The zero-order chi connectivity index (χ0) is 17.3. The van der Waals surface area contributed by atoms with Gasteiger partial charge >= 0.3 is 0 Å². The maximum Gasteiger partial charge on any atom is 0.291 e. The van der Waals surface area contributed by atoms with Crippen molar-refractivity contribution in [3.05, 3.63) is 39.8 Å². The molecule has 2 aromatic rings. The fourth-order valence-electron chi connectivity index (χ4n) is 2.76. The second-order valence-corrected chi connectivity index (χ2v) is 6.52. The van der Waals surface area contributed by atoms with Gasteiger partial charge in [0.2, 0.25) is 5.76 Å². The van der Waals surface area contributed by atoms with Crippen molar-refractivity contribution in [2.45, 2.75) is 37.8 Å². The van der Waals surface area contributed by atoms with Crippen molar-refractivity contribution in [2.24, 2.45) is 0 Å². The number of nitrogens with one attached hydrogen (secondary N) is 1. The molecule has 0 saturated heterocycles. The highest BCUT2D eigenvalue weighted by Gasteiger charge is 2.28. The third-order valence-corrected chi connectivity index (χ3v) is 4.74. The molecule has 0 spiro atoms. The molecule has 0 bridgehead atoms. The van der Waals surface area contributed by atoms with Crippen LogP contribution in [0.5, 0.6) is 0 Å². The Labute approximate surface area is 147 Å². The first kappa shape index (κ1) is 17.2. The molecule has 5 nitrogen and oxygen atoms in total. The average molecular weight is 373 g/mol. The Morgan fingerprint density at radius 1 is 1.33 bits per heavy atom. The summed E-state index contributed by atoms with van der Waals surface area (Å²) in [6.45, 7) is 0. The van der Waals surface area contributed by atoms with Crippen LogP contribution < -0.4 is 5.32 Å². The second kappa shape index (κ2) is 7.09. The minimum atomic E-state index is -0.621. The summed E-state index contributed by atoms with van der Waals surface area (Å²) in [5, 5.41) is 16.3. The molecule has 1 aromatic heterocycles. The number of aliphatic hydroxyl groups excluding tert-OH is 1. The zero-order valence-corrected chi connectivity index (χ0v) is 14.1. The third-order valence-electron chi connectivity index (χ3n) is 4.08. The minimum Gasteiger partial charge on any atom is -0.391 e. The van der Waals surface area contributed by atoms with Crippen LogP contribution in [0.4, 0.5) is 4.39 Å². The number of halogens is 3. The van der Waals surface area contributed by atoms with Gasteiger partial charge in [-0.1, -0.05) is 47.3 Å². The number of carbonyl (C=O) groups is 1. The lowest BCUT2D eigenvalue weighted by atomic mass is 9.92. The van der Waals surface area contributed by atoms with Crippen molar-refractivity contribution in [3.8, 4) is 11.3 Å². The molecule has 1 aromatic carbocycles. The highest BCUT2D eigenvalue weighted by Crippen LogP contribution is 2.32. The van der Waals surface area contributed by atoms with Gasteiger partial charge in [-0.05, 0) is 25.0 Å². The summed E-state index contributed by atoms with van der Waals surface area (Å²) in [6.07, 6.45) is 2.61. The Morgan fingerprint density at radius 3 is 2.79 bits per heavy atom. The van der Waals surface area contributed by atoms with Gasteiger partial charge in [0.15, 0.2) is 0 Å². The predicted molar refractivity (Wildman–Crippen MR) is 87.6 cm³/mol. The van der Waals surface area contributed by atoms with E-state index in [1.807, 2.05) is 0 Å². The molecule has 1 fully saturated rings. The van der Waals surface area contributed by atoms with Crippen LogP contribution in [0.2, 0.25) is 10.0 Å². The maximum atomic E-state index is 13.6. The summed E-state index contributed by atoms with van der Waals surface area (Å²) >= 11 is 11.8. The molecule has 0 aliphatic heterocycles.